The van der Waals surface area contributed by atoms with E-state index in [0.29, 0.717) is 24.7 Å². The standard InChI is InChI=1S/C43H53N9O6S/c1-24(2)32(49-40(55)57-7)36(53)51-19-9-17-42(51,5)38-44-21-30(47-38)27-13-11-26(12-14-27)28-15-16-29(35-34(28)46-23-59-35)31-22-45-39(48-31)43(6)18-10-20-52(43)37(54)33(25(3)4)50-41(56)58-8/h11-16,21-25,32-33H,9-10,17-20H2,1-8H3,(H,44,47)(H,45,48)(H,49,55)(H,50,56). The van der Waals surface area contributed by atoms with Crippen LogP contribution in [0.25, 0.3) is 43.9 Å². The summed E-state index contributed by atoms with van der Waals surface area (Å²) in [5.41, 5.74) is 6.94. The van der Waals surface area contributed by atoms with Gasteiger partial charge in [-0.3, -0.25) is 9.59 Å². The molecule has 0 bridgehead atoms. The van der Waals surface area contributed by atoms with E-state index in [0.717, 1.165) is 69.5 Å². The highest BCUT2D eigenvalue weighted by atomic mass is 32.1. The molecule has 4 unspecified atom stereocenters. The summed E-state index contributed by atoms with van der Waals surface area (Å²) in [6.07, 6.45) is 5.44. The number of aromatic amines is 2. The number of imidazole rings is 2. The zero-order valence-electron chi connectivity index (χ0n) is 34.8. The fraction of sp³-hybridized carbons (Fsp3) is 0.465. The largest absolute Gasteiger partial charge is 0.453 e. The van der Waals surface area contributed by atoms with E-state index in [2.05, 4.69) is 57.0 Å². The van der Waals surface area contributed by atoms with Gasteiger partial charge in [0.05, 0.1) is 64.8 Å². The molecule has 0 spiro atoms. The number of hydrogen-bond donors (Lipinski definition) is 4. The quantitative estimate of drug-likeness (QED) is 0.107. The Morgan fingerprint density at radius 2 is 1.17 bits per heavy atom. The highest BCUT2D eigenvalue weighted by Crippen LogP contribution is 2.42. The molecule has 0 aliphatic carbocycles. The summed E-state index contributed by atoms with van der Waals surface area (Å²) < 4.78 is 10.6. The molecule has 2 aliphatic heterocycles. The van der Waals surface area contributed by atoms with Gasteiger partial charge >= 0.3 is 12.2 Å². The Balaban J connectivity index is 1.10. The summed E-state index contributed by atoms with van der Waals surface area (Å²) in [6, 6.07) is 11.0. The van der Waals surface area contributed by atoms with Crippen molar-refractivity contribution in [3.8, 4) is 33.6 Å². The van der Waals surface area contributed by atoms with Crippen LogP contribution in [0.15, 0.2) is 54.3 Å². The van der Waals surface area contributed by atoms with Gasteiger partial charge in [-0.15, -0.1) is 11.3 Å². The number of carbonyl (C=O) groups is 4. The van der Waals surface area contributed by atoms with Crippen LogP contribution >= 0.6 is 11.3 Å². The molecule has 3 aromatic heterocycles. The fourth-order valence-corrected chi connectivity index (χ4v) is 9.40. The Morgan fingerprint density at radius 1 is 0.695 bits per heavy atom. The minimum absolute atomic E-state index is 0.129. The number of nitrogens with zero attached hydrogens (tertiary/aromatic N) is 5. The van der Waals surface area contributed by atoms with Crippen LogP contribution in [0.3, 0.4) is 0 Å². The molecule has 4 amide bonds. The summed E-state index contributed by atoms with van der Waals surface area (Å²) in [4.78, 5) is 76.9. The van der Waals surface area contributed by atoms with Gasteiger partial charge in [0.1, 0.15) is 23.7 Å². The van der Waals surface area contributed by atoms with E-state index in [9.17, 15) is 19.2 Å². The van der Waals surface area contributed by atoms with E-state index in [1.165, 1.54) is 14.2 Å². The van der Waals surface area contributed by atoms with Crippen molar-refractivity contribution in [2.45, 2.75) is 90.4 Å². The van der Waals surface area contributed by atoms with Gasteiger partial charge in [-0.1, -0.05) is 64.1 Å². The number of amides is 4. The number of rotatable bonds is 11. The molecule has 2 fully saturated rings. The van der Waals surface area contributed by atoms with Gasteiger partial charge in [-0.2, -0.15) is 0 Å². The van der Waals surface area contributed by atoms with Crippen molar-refractivity contribution >= 4 is 45.6 Å². The number of thiazole rings is 1. The van der Waals surface area contributed by atoms with Crippen LogP contribution in [0, 0.1) is 11.8 Å². The number of H-pyrrole nitrogens is 2. The predicted octanol–water partition coefficient (Wildman–Crippen LogP) is 7.18. The van der Waals surface area contributed by atoms with Crippen molar-refractivity contribution in [3.05, 3.63) is 66.0 Å². The zero-order chi connectivity index (χ0) is 42.2. The molecule has 16 heteroatoms. The molecule has 2 aromatic carbocycles. The molecule has 5 aromatic rings. The lowest BCUT2D eigenvalue weighted by atomic mass is 9.95. The number of alkyl carbamates (subject to hydrolysis) is 2. The molecule has 312 valence electrons. The first kappa shape index (κ1) is 41.4. The molecule has 15 nitrogen and oxygen atoms in total. The van der Waals surface area contributed by atoms with Crippen LogP contribution in [0.2, 0.25) is 0 Å². The predicted molar refractivity (Wildman–Crippen MR) is 225 cm³/mol. The maximum atomic E-state index is 13.9. The van der Waals surface area contributed by atoms with E-state index < -0.39 is 35.3 Å². The summed E-state index contributed by atoms with van der Waals surface area (Å²) in [5, 5.41) is 5.44. The number of aromatic nitrogens is 5. The average molecular weight is 824 g/mol. The number of nitrogens with one attached hydrogen (secondary N) is 4. The number of benzene rings is 2. The monoisotopic (exact) mass is 823 g/mol. The highest BCUT2D eigenvalue weighted by molar-refractivity contribution is 7.17. The second-order valence-electron chi connectivity index (χ2n) is 16.5. The second-order valence-corrected chi connectivity index (χ2v) is 17.4. The lowest BCUT2D eigenvalue weighted by molar-refractivity contribution is -0.139. The van der Waals surface area contributed by atoms with Crippen molar-refractivity contribution in [1.29, 1.82) is 0 Å². The summed E-state index contributed by atoms with van der Waals surface area (Å²) in [6.45, 7) is 12.8. The molecule has 5 heterocycles. The van der Waals surface area contributed by atoms with E-state index >= 15 is 0 Å². The van der Waals surface area contributed by atoms with Gasteiger partial charge < -0.3 is 39.9 Å². The highest BCUT2D eigenvalue weighted by Gasteiger charge is 2.47. The minimum atomic E-state index is -0.727. The average Bonchev–Trinajstić information content (AvgIpc) is 4.08. The van der Waals surface area contributed by atoms with Crippen LogP contribution < -0.4 is 10.6 Å². The Hall–Kier alpha value is -5.77. The van der Waals surface area contributed by atoms with Gasteiger partial charge in [0, 0.05) is 24.2 Å². The van der Waals surface area contributed by atoms with Crippen LogP contribution in [-0.4, -0.2) is 98.1 Å². The van der Waals surface area contributed by atoms with E-state index in [-0.39, 0.29) is 23.7 Å². The van der Waals surface area contributed by atoms with Crippen LogP contribution in [0.4, 0.5) is 9.59 Å². The smallest absolute Gasteiger partial charge is 0.407 e. The maximum absolute atomic E-state index is 13.9. The minimum Gasteiger partial charge on any atom is -0.453 e. The molecule has 2 saturated heterocycles. The molecule has 59 heavy (non-hydrogen) atoms. The topological polar surface area (TPSA) is 188 Å². The lowest BCUT2D eigenvalue weighted by Gasteiger charge is -2.37. The summed E-state index contributed by atoms with van der Waals surface area (Å²) >= 11 is 1.56. The maximum Gasteiger partial charge on any atom is 0.407 e. The second kappa shape index (κ2) is 16.5. The van der Waals surface area contributed by atoms with Crippen LogP contribution in [0.5, 0.6) is 0 Å². The Kier molecular flexibility index (Phi) is 11.6. The number of ether oxygens (including phenoxy) is 2. The number of hydrogen-bond acceptors (Lipinski definition) is 10. The Morgan fingerprint density at radius 3 is 1.68 bits per heavy atom. The van der Waals surface area contributed by atoms with E-state index in [1.54, 1.807) is 17.5 Å². The van der Waals surface area contributed by atoms with Crippen molar-refractivity contribution in [1.82, 2.24) is 45.4 Å². The van der Waals surface area contributed by atoms with E-state index in [4.69, 9.17) is 24.4 Å². The first-order valence-electron chi connectivity index (χ1n) is 20.1. The molecular weight excluding hydrogens is 771 g/mol. The first-order valence-corrected chi connectivity index (χ1v) is 21.0. The third-order valence-electron chi connectivity index (χ3n) is 12.0. The SMILES string of the molecule is COC(=O)NC(C(=O)N1CCCC1(C)c1ncc(-c2ccc(-c3ccc(-c4cnc(C5(C)CCCN5C(=O)C(NC(=O)OC)C(C)C)[nH]4)c4scnc34)cc2)[nH]1)C(C)C. The van der Waals surface area contributed by atoms with Crippen molar-refractivity contribution in [2.75, 3.05) is 27.3 Å². The Labute approximate surface area is 347 Å². The summed E-state index contributed by atoms with van der Waals surface area (Å²) in [7, 11) is 2.58. The molecule has 2 aliphatic rings. The van der Waals surface area contributed by atoms with Crippen molar-refractivity contribution in [2.24, 2.45) is 11.8 Å². The van der Waals surface area contributed by atoms with Crippen molar-refractivity contribution < 1.29 is 28.7 Å². The number of likely N-dealkylation sites (tertiary alicyclic amines) is 2. The molecule has 4 N–H and O–H groups in total. The third kappa shape index (κ3) is 7.65. The molecule has 0 saturated carbocycles. The number of methoxy groups -OCH3 is 2. The molecular formula is C43H53N9O6S. The number of fused-ring (bicyclic) bond motifs is 1. The van der Waals surface area contributed by atoms with E-state index in [1.807, 2.05) is 63.0 Å². The summed E-state index contributed by atoms with van der Waals surface area (Å²) in [5.74, 6) is 0.799. The van der Waals surface area contributed by atoms with Gasteiger partial charge in [-0.25, -0.2) is 24.5 Å². The number of carbonyl (C=O) groups excluding carboxylic acids is 4. The first-order chi connectivity index (χ1) is 28.2. The molecule has 7 rings (SSSR count). The fourth-order valence-electron chi connectivity index (χ4n) is 8.56. The van der Waals surface area contributed by atoms with Crippen LogP contribution in [-0.2, 0) is 30.1 Å². The molecule has 0 radical (unpaired) electrons. The normalized spacial score (nSPS) is 20.3. The lowest BCUT2D eigenvalue weighted by Crippen LogP contribution is -2.55. The third-order valence-corrected chi connectivity index (χ3v) is 12.9. The zero-order valence-corrected chi connectivity index (χ0v) is 35.7. The van der Waals surface area contributed by atoms with Gasteiger partial charge in [0.15, 0.2) is 0 Å². The van der Waals surface area contributed by atoms with Crippen LogP contribution in [0.1, 0.15) is 78.9 Å². The van der Waals surface area contributed by atoms with Gasteiger partial charge in [-0.05, 0) is 62.5 Å². The molecule has 4 atom stereocenters. The van der Waals surface area contributed by atoms with Gasteiger partial charge in [0.2, 0.25) is 11.8 Å². The van der Waals surface area contributed by atoms with Gasteiger partial charge in [0.25, 0.3) is 0 Å². The Bertz CT molecular complexity index is 2350. The van der Waals surface area contributed by atoms with Crippen molar-refractivity contribution in [3.63, 3.8) is 0 Å².